The minimum absolute atomic E-state index is 0.177. The number of thioether (sulfide) groups is 1. The van der Waals surface area contributed by atoms with Crippen LogP contribution in [0.4, 0.5) is 13.9 Å². The van der Waals surface area contributed by atoms with E-state index in [-0.39, 0.29) is 17.4 Å². The van der Waals surface area contributed by atoms with Crippen molar-refractivity contribution in [2.45, 2.75) is 22.9 Å². The highest BCUT2D eigenvalue weighted by Gasteiger charge is 2.29. The van der Waals surface area contributed by atoms with Crippen LogP contribution in [-0.2, 0) is 10.5 Å². The van der Waals surface area contributed by atoms with Crippen LogP contribution in [0.3, 0.4) is 0 Å². The van der Waals surface area contributed by atoms with E-state index >= 15 is 0 Å². The Hall–Kier alpha value is -3.36. The van der Waals surface area contributed by atoms with E-state index in [1.807, 2.05) is 12.1 Å². The van der Waals surface area contributed by atoms with Crippen molar-refractivity contribution in [1.29, 1.82) is 5.26 Å². The van der Waals surface area contributed by atoms with Gasteiger partial charge in [-0.25, -0.2) is 8.78 Å². The molecule has 0 spiro atoms. The number of hydrogen-bond donors (Lipinski definition) is 1. The number of halogens is 2. The zero-order valence-corrected chi connectivity index (χ0v) is 19.5. The Labute approximate surface area is 202 Å². The van der Waals surface area contributed by atoms with Crippen molar-refractivity contribution >= 4 is 40.0 Å². The number of nitrogens with zero attached hydrogens (tertiary/aromatic N) is 4. The Bertz CT molecular complexity index is 1230. The van der Waals surface area contributed by atoms with Gasteiger partial charge in [0.25, 0.3) is 5.91 Å². The maximum Gasteiger partial charge on any atom is 0.256 e. The number of nitriles is 1. The first-order chi connectivity index (χ1) is 16.4. The minimum atomic E-state index is -0.894. The molecule has 11 heteroatoms. The highest BCUT2D eigenvalue weighted by atomic mass is 32.2. The monoisotopic (exact) mass is 499 g/mol. The van der Waals surface area contributed by atoms with Gasteiger partial charge in [0.1, 0.15) is 11.6 Å². The molecule has 0 unspecified atom stereocenters. The summed E-state index contributed by atoms with van der Waals surface area (Å²) in [7, 11) is 0. The van der Waals surface area contributed by atoms with Crippen molar-refractivity contribution in [3.8, 4) is 6.07 Å². The van der Waals surface area contributed by atoms with Crippen LogP contribution < -0.4 is 5.32 Å². The number of piperidine rings is 1. The van der Waals surface area contributed by atoms with E-state index in [1.165, 1.54) is 28.0 Å². The van der Waals surface area contributed by atoms with Gasteiger partial charge in [-0.2, -0.15) is 5.26 Å². The van der Waals surface area contributed by atoms with Gasteiger partial charge in [0.05, 0.1) is 17.2 Å². The summed E-state index contributed by atoms with van der Waals surface area (Å²) in [4.78, 5) is 26.6. The van der Waals surface area contributed by atoms with Crippen LogP contribution in [0.15, 0.2) is 46.8 Å². The van der Waals surface area contributed by atoms with Crippen molar-refractivity contribution < 1.29 is 18.4 Å². The number of carbonyl (C=O) groups is 2. The van der Waals surface area contributed by atoms with E-state index in [0.29, 0.717) is 52.8 Å². The Balaban J connectivity index is 1.26. The van der Waals surface area contributed by atoms with Crippen molar-refractivity contribution in [1.82, 2.24) is 15.1 Å². The van der Waals surface area contributed by atoms with Gasteiger partial charge >= 0.3 is 0 Å². The van der Waals surface area contributed by atoms with Gasteiger partial charge in [0.15, 0.2) is 4.34 Å². The van der Waals surface area contributed by atoms with E-state index in [0.717, 1.165) is 17.7 Å². The molecule has 1 aromatic heterocycles. The highest BCUT2D eigenvalue weighted by molar-refractivity contribution is 8.00. The molecule has 174 valence electrons. The Morgan fingerprint density at radius 1 is 1.15 bits per heavy atom. The Kier molecular flexibility index (Phi) is 7.49. The topological polar surface area (TPSA) is 99.0 Å². The van der Waals surface area contributed by atoms with E-state index in [1.54, 1.807) is 12.1 Å². The molecule has 1 saturated heterocycles. The fourth-order valence-electron chi connectivity index (χ4n) is 3.52. The number of nitrogens with one attached hydrogen (secondary N) is 1. The maximum atomic E-state index is 13.9. The number of rotatable bonds is 6. The second-order valence-corrected chi connectivity index (χ2v) is 9.85. The van der Waals surface area contributed by atoms with Gasteiger partial charge in [-0.1, -0.05) is 35.2 Å². The number of anilines is 1. The second-order valence-electron chi connectivity index (χ2n) is 7.65. The molecule has 3 aromatic rings. The molecule has 0 saturated carbocycles. The Morgan fingerprint density at radius 3 is 2.56 bits per heavy atom. The van der Waals surface area contributed by atoms with Gasteiger partial charge in [0.2, 0.25) is 11.0 Å². The van der Waals surface area contributed by atoms with Crippen molar-refractivity contribution in [2.75, 3.05) is 18.4 Å². The van der Waals surface area contributed by atoms with Crippen LogP contribution in [0.2, 0.25) is 0 Å². The second kappa shape index (κ2) is 10.7. The molecule has 2 aromatic carbocycles. The van der Waals surface area contributed by atoms with Gasteiger partial charge in [-0.05, 0) is 42.7 Å². The average molecular weight is 500 g/mol. The van der Waals surface area contributed by atoms with Gasteiger partial charge < -0.3 is 10.2 Å². The first-order valence-corrected chi connectivity index (χ1v) is 12.2. The van der Waals surface area contributed by atoms with Crippen LogP contribution in [0.25, 0.3) is 0 Å². The molecule has 2 amide bonds. The van der Waals surface area contributed by atoms with Crippen LogP contribution in [-0.4, -0.2) is 40.0 Å². The van der Waals surface area contributed by atoms with Gasteiger partial charge in [-0.3, -0.25) is 9.59 Å². The summed E-state index contributed by atoms with van der Waals surface area (Å²) in [6, 6.07) is 12.2. The molecule has 0 radical (unpaired) electrons. The van der Waals surface area contributed by atoms with Crippen LogP contribution in [0, 0.1) is 28.9 Å². The summed E-state index contributed by atoms with van der Waals surface area (Å²) in [5, 5.41) is 20.2. The lowest BCUT2D eigenvalue weighted by molar-refractivity contribution is -0.121. The lowest BCUT2D eigenvalue weighted by Crippen LogP contribution is -2.41. The first-order valence-electron chi connectivity index (χ1n) is 10.4. The zero-order valence-electron chi connectivity index (χ0n) is 17.8. The van der Waals surface area contributed by atoms with Crippen LogP contribution in [0.5, 0.6) is 0 Å². The van der Waals surface area contributed by atoms with Crippen LogP contribution >= 0.6 is 23.1 Å². The summed E-state index contributed by atoms with van der Waals surface area (Å²) >= 11 is 2.76. The fraction of sp³-hybridized carbons (Fsp3) is 0.261. The molecule has 0 bridgehead atoms. The van der Waals surface area contributed by atoms with Crippen molar-refractivity contribution in [3.05, 3.63) is 70.8 Å². The number of benzene rings is 2. The third-order valence-electron chi connectivity index (χ3n) is 5.40. The van der Waals surface area contributed by atoms with E-state index < -0.39 is 17.5 Å². The number of amides is 2. The summed E-state index contributed by atoms with van der Waals surface area (Å²) in [6.45, 7) is 0.602. The Morgan fingerprint density at radius 2 is 1.88 bits per heavy atom. The van der Waals surface area contributed by atoms with Crippen molar-refractivity contribution in [3.63, 3.8) is 0 Å². The third-order valence-corrected chi connectivity index (χ3v) is 7.44. The smallest absolute Gasteiger partial charge is 0.256 e. The minimum Gasteiger partial charge on any atom is -0.339 e. The van der Waals surface area contributed by atoms with E-state index in [2.05, 4.69) is 21.6 Å². The number of aromatic nitrogens is 2. The first kappa shape index (κ1) is 23.8. The average Bonchev–Trinajstić information content (AvgIpc) is 3.30. The third kappa shape index (κ3) is 5.76. The number of hydrogen-bond acceptors (Lipinski definition) is 7. The molecule has 1 aliphatic rings. The molecule has 0 aliphatic carbocycles. The standard InChI is InChI=1S/C23H19F2N5O2S2/c24-17-5-6-18(19(25)11-17)21(32)30-9-7-16(8-10-30)20(31)27-22-28-29-23(34-22)33-13-15-3-1-14(12-26)2-4-15/h1-6,11,16H,7-10,13H2,(H,27,28,31). The molecule has 34 heavy (non-hydrogen) atoms. The molecule has 2 heterocycles. The predicted octanol–water partition coefficient (Wildman–Crippen LogP) is 4.47. The van der Waals surface area contributed by atoms with Gasteiger partial charge in [-0.15, -0.1) is 10.2 Å². The molecule has 7 nitrogen and oxygen atoms in total. The largest absolute Gasteiger partial charge is 0.339 e. The lowest BCUT2D eigenvalue weighted by Gasteiger charge is -2.31. The molecule has 4 rings (SSSR count). The summed E-state index contributed by atoms with van der Waals surface area (Å²) in [6.07, 6.45) is 0.860. The SMILES string of the molecule is N#Cc1ccc(CSc2nnc(NC(=O)C3CCN(C(=O)c4ccc(F)cc4F)CC3)s2)cc1. The van der Waals surface area contributed by atoms with Crippen molar-refractivity contribution in [2.24, 2.45) is 5.92 Å². The molecule has 1 N–H and O–H groups in total. The predicted molar refractivity (Wildman–Crippen MR) is 124 cm³/mol. The summed E-state index contributed by atoms with van der Waals surface area (Å²) in [5.74, 6) is -1.98. The van der Waals surface area contributed by atoms with E-state index in [9.17, 15) is 18.4 Å². The molecular formula is C23H19F2N5O2S2. The molecule has 1 fully saturated rings. The quantitative estimate of drug-likeness (QED) is 0.397. The normalized spacial score (nSPS) is 14.0. The fourth-order valence-corrected chi connectivity index (χ4v) is 5.24. The van der Waals surface area contributed by atoms with E-state index in [4.69, 9.17) is 5.26 Å². The van der Waals surface area contributed by atoms with Crippen LogP contribution in [0.1, 0.15) is 34.3 Å². The summed E-state index contributed by atoms with van der Waals surface area (Å²) in [5.41, 5.74) is 1.48. The maximum absolute atomic E-state index is 13.9. The van der Waals surface area contributed by atoms with Gasteiger partial charge in [0, 0.05) is 30.8 Å². The molecular weight excluding hydrogens is 480 g/mol. The lowest BCUT2D eigenvalue weighted by atomic mass is 9.95. The summed E-state index contributed by atoms with van der Waals surface area (Å²) < 4.78 is 27.7. The molecule has 1 aliphatic heterocycles. The zero-order chi connectivity index (χ0) is 24.1. The molecule has 0 atom stereocenters. The highest BCUT2D eigenvalue weighted by Crippen LogP contribution is 2.29. The number of carbonyl (C=O) groups excluding carboxylic acids is 2. The number of likely N-dealkylation sites (tertiary alicyclic amines) is 1.